The van der Waals surface area contributed by atoms with Crippen LogP contribution in [0.15, 0.2) is 6.20 Å². The summed E-state index contributed by atoms with van der Waals surface area (Å²) in [4.78, 5) is 0. The van der Waals surface area contributed by atoms with Gasteiger partial charge in [0.2, 0.25) is 0 Å². The molecule has 2 aromatic rings. The molecule has 2 atom stereocenters. The molecule has 0 spiro atoms. The van der Waals surface area contributed by atoms with E-state index in [4.69, 9.17) is 5.73 Å². The Labute approximate surface area is 135 Å². The minimum atomic E-state index is -0.813. The number of nitrogens with two attached hydrogens (primary N) is 1. The predicted octanol–water partition coefficient (Wildman–Crippen LogP) is 1.23. The molecule has 23 heavy (non-hydrogen) atoms. The zero-order valence-corrected chi connectivity index (χ0v) is 13.9. The number of nitrogen functional groups attached to an aromatic ring is 1. The van der Waals surface area contributed by atoms with Crippen LogP contribution in [0, 0.1) is 18.8 Å². The molecular formula is C16H24N6O. The average Bonchev–Trinajstić information content (AvgIpc) is 3.20. The first kappa shape index (κ1) is 14.7. The largest absolute Gasteiger partial charge is 0.384 e. The zero-order valence-electron chi connectivity index (χ0n) is 13.9. The van der Waals surface area contributed by atoms with Crippen LogP contribution >= 0.6 is 0 Å². The summed E-state index contributed by atoms with van der Waals surface area (Å²) in [5, 5.41) is 23.7. The zero-order chi connectivity index (χ0) is 16.4. The van der Waals surface area contributed by atoms with Gasteiger partial charge in [0.25, 0.3) is 0 Å². The summed E-state index contributed by atoms with van der Waals surface area (Å²) in [6, 6.07) is 0. The summed E-state index contributed by atoms with van der Waals surface area (Å²) in [6.45, 7) is 2.06. The van der Waals surface area contributed by atoms with E-state index in [1.807, 2.05) is 20.3 Å². The van der Waals surface area contributed by atoms with Gasteiger partial charge in [0, 0.05) is 25.6 Å². The number of aliphatic hydroxyl groups is 1. The normalized spacial score (nSPS) is 33.3. The maximum Gasteiger partial charge on any atom is 0.124 e. The molecule has 0 amide bonds. The van der Waals surface area contributed by atoms with Gasteiger partial charge in [-0.05, 0) is 44.4 Å². The number of rotatable bonds is 2. The van der Waals surface area contributed by atoms with Crippen molar-refractivity contribution in [3.63, 3.8) is 0 Å². The van der Waals surface area contributed by atoms with Crippen LogP contribution in [-0.2, 0) is 19.7 Å². The first-order chi connectivity index (χ1) is 10.9. The Morgan fingerprint density at radius 2 is 1.91 bits per heavy atom. The van der Waals surface area contributed by atoms with Gasteiger partial charge in [0.15, 0.2) is 0 Å². The molecule has 0 aromatic carbocycles. The number of hydrogen-bond acceptors (Lipinski definition) is 5. The smallest absolute Gasteiger partial charge is 0.124 e. The van der Waals surface area contributed by atoms with Gasteiger partial charge in [-0.2, -0.15) is 5.10 Å². The van der Waals surface area contributed by atoms with Crippen molar-refractivity contribution in [2.24, 2.45) is 25.9 Å². The lowest BCUT2D eigenvalue weighted by Gasteiger charge is -2.21. The fraction of sp³-hybridized carbons (Fsp3) is 0.688. The van der Waals surface area contributed by atoms with Gasteiger partial charge in [-0.1, -0.05) is 5.21 Å². The molecule has 0 radical (unpaired) electrons. The Morgan fingerprint density at radius 1 is 1.26 bits per heavy atom. The molecule has 0 saturated heterocycles. The van der Waals surface area contributed by atoms with Gasteiger partial charge in [-0.3, -0.25) is 9.36 Å². The van der Waals surface area contributed by atoms with Gasteiger partial charge >= 0.3 is 0 Å². The lowest BCUT2D eigenvalue weighted by Crippen LogP contribution is -2.23. The van der Waals surface area contributed by atoms with E-state index < -0.39 is 5.60 Å². The van der Waals surface area contributed by atoms with Crippen LogP contribution in [0.2, 0.25) is 0 Å². The van der Waals surface area contributed by atoms with Crippen molar-refractivity contribution in [1.82, 2.24) is 24.8 Å². The van der Waals surface area contributed by atoms with Crippen LogP contribution < -0.4 is 5.73 Å². The lowest BCUT2D eigenvalue weighted by atomic mass is 9.90. The van der Waals surface area contributed by atoms with Crippen LogP contribution in [0.4, 0.5) is 5.82 Å². The van der Waals surface area contributed by atoms with Crippen LogP contribution in [0.1, 0.15) is 48.6 Å². The lowest BCUT2D eigenvalue weighted by molar-refractivity contribution is 0.0300. The van der Waals surface area contributed by atoms with Crippen molar-refractivity contribution >= 4 is 5.82 Å². The van der Waals surface area contributed by atoms with Crippen molar-refractivity contribution in [2.45, 2.75) is 44.1 Å². The monoisotopic (exact) mass is 316 g/mol. The second-order valence-electron chi connectivity index (χ2n) is 7.42. The molecule has 0 aliphatic heterocycles. The number of hydrogen-bond donors (Lipinski definition) is 2. The van der Waals surface area contributed by atoms with Crippen LogP contribution in [0.3, 0.4) is 0 Å². The second-order valence-corrected chi connectivity index (χ2v) is 7.42. The van der Waals surface area contributed by atoms with Crippen LogP contribution in [0.5, 0.6) is 0 Å². The molecule has 2 fully saturated rings. The maximum atomic E-state index is 11.0. The molecule has 2 saturated carbocycles. The van der Waals surface area contributed by atoms with Crippen LogP contribution in [0.25, 0.3) is 0 Å². The first-order valence-electron chi connectivity index (χ1n) is 8.25. The Balaban J connectivity index is 1.53. The van der Waals surface area contributed by atoms with Gasteiger partial charge in [-0.25, -0.2) is 0 Å². The van der Waals surface area contributed by atoms with Crippen molar-refractivity contribution in [1.29, 1.82) is 0 Å². The minimum Gasteiger partial charge on any atom is -0.384 e. The molecule has 3 N–H and O–H groups in total. The molecule has 7 heteroatoms. The number of aromatic nitrogens is 5. The minimum absolute atomic E-state index is 0.458. The molecular weight excluding hydrogens is 292 g/mol. The highest BCUT2D eigenvalue weighted by atomic mass is 16.3. The predicted molar refractivity (Wildman–Crippen MR) is 85.4 cm³/mol. The summed E-state index contributed by atoms with van der Waals surface area (Å²) in [7, 11) is 3.73. The van der Waals surface area contributed by atoms with E-state index in [0.717, 1.165) is 42.8 Å². The molecule has 2 aromatic heterocycles. The van der Waals surface area contributed by atoms with Crippen molar-refractivity contribution < 1.29 is 5.11 Å². The highest BCUT2D eigenvalue weighted by Gasteiger charge is 2.51. The number of anilines is 1. The third kappa shape index (κ3) is 2.17. The molecule has 2 heterocycles. The van der Waals surface area contributed by atoms with Gasteiger partial charge in [0.05, 0.1) is 11.9 Å². The highest BCUT2D eigenvalue weighted by Crippen LogP contribution is 2.56. The summed E-state index contributed by atoms with van der Waals surface area (Å²) >= 11 is 0. The van der Waals surface area contributed by atoms with Gasteiger partial charge in [0.1, 0.15) is 17.1 Å². The van der Waals surface area contributed by atoms with E-state index in [0.29, 0.717) is 23.4 Å². The van der Waals surface area contributed by atoms with Crippen molar-refractivity contribution in [3.8, 4) is 0 Å². The van der Waals surface area contributed by atoms with E-state index >= 15 is 0 Å². The third-order valence-corrected chi connectivity index (χ3v) is 5.88. The van der Waals surface area contributed by atoms with Gasteiger partial charge < -0.3 is 10.8 Å². The Bertz CT molecular complexity index is 734. The number of aryl methyl sites for hydroxylation is 2. The Kier molecular flexibility index (Phi) is 3.07. The summed E-state index contributed by atoms with van der Waals surface area (Å²) in [5.41, 5.74) is 8.20. The van der Waals surface area contributed by atoms with E-state index in [1.165, 1.54) is 0 Å². The average molecular weight is 316 g/mol. The SMILES string of the molecule is Cc1c(C2CC3CC(O)(c4cn(C)nn4)CC3C2)nn(C)c1N. The summed E-state index contributed by atoms with van der Waals surface area (Å²) in [5.74, 6) is 2.26. The number of fused-ring (bicyclic) bond motifs is 1. The van der Waals surface area contributed by atoms with E-state index in [-0.39, 0.29) is 0 Å². The maximum absolute atomic E-state index is 11.0. The van der Waals surface area contributed by atoms with Crippen molar-refractivity contribution in [2.75, 3.05) is 5.73 Å². The molecule has 2 unspecified atom stereocenters. The molecule has 0 bridgehead atoms. The third-order valence-electron chi connectivity index (χ3n) is 5.88. The molecule has 2 aliphatic rings. The quantitative estimate of drug-likeness (QED) is 0.869. The summed E-state index contributed by atoms with van der Waals surface area (Å²) in [6.07, 6.45) is 5.53. The van der Waals surface area contributed by atoms with E-state index in [9.17, 15) is 5.11 Å². The van der Waals surface area contributed by atoms with Crippen LogP contribution in [-0.4, -0.2) is 29.9 Å². The topological polar surface area (TPSA) is 94.8 Å². The molecule has 124 valence electrons. The van der Waals surface area contributed by atoms with Gasteiger partial charge in [-0.15, -0.1) is 5.10 Å². The second kappa shape index (κ2) is 4.80. The van der Waals surface area contributed by atoms with E-state index in [2.05, 4.69) is 22.3 Å². The van der Waals surface area contributed by atoms with E-state index in [1.54, 1.807) is 9.36 Å². The Hall–Kier alpha value is -1.89. The fourth-order valence-corrected chi connectivity index (χ4v) is 4.71. The summed E-state index contributed by atoms with van der Waals surface area (Å²) < 4.78 is 3.43. The first-order valence-corrected chi connectivity index (χ1v) is 8.25. The molecule has 2 aliphatic carbocycles. The Morgan fingerprint density at radius 3 is 2.39 bits per heavy atom. The van der Waals surface area contributed by atoms with Crippen molar-refractivity contribution in [3.05, 3.63) is 23.1 Å². The molecule has 4 rings (SSSR count). The molecule has 7 nitrogen and oxygen atoms in total. The standard InChI is InChI=1S/C16H24N6O/c1-9-14(19-22(3)15(9)17)10-4-11-6-16(23,7-12(11)5-10)13-8-21(2)20-18-13/h8,10-12,23H,4-7,17H2,1-3H3. The number of nitrogens with zero attached hydrogens (tertiary/aromatic N) is 5. The fourth-order valence-electron chi connectivity index (χ4n) is 4.71. The highest BCUT2D eigenvalue weighted by molar-refractivity contribution is 5.43.